The zero-order chi connectivity index (χ0) is 15.0. The summed E-state index contributed by atoms with van der Waals surface area (Å²) in [6.45, 7) is 2.26. The minimum atomic E-state index is -0.0837. The normalized spacial score (nSPS) is 18.3. The molecule has 1 fully saturated rings. The fraction of sp³-hybridized carbons (Fsp3) is 0.357. The Bertz CT molecular complexity index is 686. The molecule has 0 N–H and O–H groups in total. The van der Waals surface area contributed by atoms with Crippen molar-refractivity contribution >= 4 is 23.2 Å². The van der Waals surface area contributed by atoms with Crippen molar-refractivity contribution in [2.24, 2.45) is 0 Å². The molecule has 2 aromatic rings. The summed E-state index contributed by atoms with van der Waals surface area (Å²) >= 11 is 6.11. The highest BCUT2D eigenvalue weighted by Crippen LogP contribution is 2.34. The number of aromatic nitrogens is 2. The minimum Gasteiger partial charge on any atom is -0.495 e. The van der Waals surface area contributed by atoms with Gasteiger partial charge in [-0.3, -0.25) is 4.79 Å². The predicted octanol–water partition coefficient (Wildman–Crippen LogP) is 2.56. The average molecular weight is 308 g/mol. The lowest BCUT2D eigenvalue weighted by Crippen LogP contribution is -2.24. The van der Waals surface area contributed by atoms with Gasteiger partial charge in [0.25, 0.3) is 0 Å². The van der Waals surface area contributed by atoms with Gasteiger partial charge in [0.05, 0.1) is 18.1 Å². The van der Waals surface area contributed by atoms with Gasteiger partial charge in [0.15, 0.2) is 5.82 Å². The molecule has 0 spiro atoms. The Labute approximate surface area is 126 Å². The number of hydrogen-bond acceptors (Lipinski definition) is 5. The molecule has 2 heterocycles. The Morgan fingerprint density at radius 1 is 1.48 bits per heavy atom. The third kappa shape index (κ3) is 2.58. The van der Waals surface area contributed by atoms with Crippen LogP contribution in [0.1, 0.15) is 24.1 Å². The highest BCUT2D eigenvalue weighted by atomic mass is 35.5. The molecule has 21 heavy (non-hydrogen) atoms. The summed E-state index contributed by atoms with van der Waals surface area (Å²) < 4.78 is 10.3. The van der Waals surface area contributed by atoms with E-state index in [0.29, 0.717) is 35.5 Å². The summed E-state index contributed by atoms with van der Waals surface area (Å²) in [6.07, 6.45) is 0.352. The van der Waals surface area contributed by atoms with Gasteiger partial charge in [-0.15, -0.1) is 0 Å². The Morgan fingerprint density at radius 3 is 2.90 bits per heavy atom. The summed E-state index contributed by atoms with van der Waals surface area (Å²) in [5.74, 6) is 1.58. The summed E-state index contributed by atoms with van der Waals surface area (Å²) in [4.78, 5) is 18.1. The van der Waals surface area contributed by atoms with Crippen molar-refractivity contribution in [3.8, 4) is 5.75 Å². The smallest absolute Gasteiger partial charge is 0.232 e. The second-order valence-electron chi connectivity index (χ2n) is 4.90. The van der Waals surface area contributed by atoms with Crippen LogP contribution in [0.15, 0.2) is 22.7 Å². The van der Waals surface area contributed by atoms with E-state index in [2.05, 4.69) is 10.1 Å². The third-order valence-electron chi connectivity index (χ3n) is 3.46. The predicted molar refractivity (Wildman–Crippen MR) is 76.8 cm³/mol. The Hall–Kier alpha value is -2.08. The first kappa shape index (κ1) is 13.9. The number of nitrogens with zero attached hydrogens (tertiary/aromatic N) is 3. The van der Waals surface area contributed by atoms with Crippen LogP contribution in [-0.2, 0) is 4.79 Å². The molecule has 6 nitrogen and oxygen atoms in total. The van der Waals surface area contributed by atoms with Crippen molar-refractivity contribution < 1.29 is 14.1 Å². The fourth-order valence-corrected chi connectivity index (χ4v) is 2.68. The van der Waals surface area contributed by atoms with Gasteiger partial charge < -0.3 is 14.2 Å². The van der Waals surface area contributed by atoms with Crippen LogP contribution in [0.2, 0.25) is 5.02 Å². The van der Waals surface area contributed by atoms with Crippen molar-refractivity contribution in [2.45, 2.75) is 19.3 Å². The van der Waals surface area contributed by atoms with E-state index in [1.54, 1.807) is 31.1 Å². The molecule has 110 valence electrons. The average Bonchev–Trinajstić information content (AvgIpc) is 3.05. The van der Waals surface area contributed by atoms with Gasteiger partial charge in [0, 0.05) is 18.7 Å². The quantitative estimate of drug-likeness (QED) is 0.871. The van der Waals surface area contributed by atoms with E-state index in [9.17, 15) is 4.79 Å². The molecule has 3 rings (SSSR count). The van der Waals surface area contributed by atoms with E-state index in [4.69, 9.17) is 20.9 Å². The lowest BCUT2D eigenvalue weighted by molar-refractivity contribution is -0.117. The van der Waals surface area contributed by atoms with Gasteiger partial charge in [0.1, 0.15) is 5.75 Å². The Morgan fingerprint density at radius 2 is 2.29 bits per heavy atom. The number of ether oxygens (including phenoxy) is 1. The molecule has 0 bridgehead atoms. The van der Waals surface area contributed by atoms with Gasteiger partial charge in [0.2, 0.25) is 11.8 Å². The standard InChI is InChI=1S/C14H14ClN3O3/c1-8-16-14(21-17-8)9-5-13(19)18(7-9)10-3-4-12(20-2)11(15)6-10/h3-4,6,9H,5,7H2,1-2H3/t9-/m1/s1. The van der Waals surface area contributed by atoms with E-state index in [-0.39, 0.29) is 11.8 Å². The molecule has 1 amide bonds. The lowest BCUT2D eigenvalue weighted by atomic mass is 10.1. The molecule has 0 radical (unpaired) electrons. The molecule has 1 aliphatic heterocycles. The van der Waals surface area contributed by atoms with Crippen LogP contribution in [0.5, 0.6) is 5.75 Å². The highest BCUT2D eigenvalue weighted by molar-refractivity contribution is 6.32. The van der Waals surface area contributed by atoms with E-state index >= 15 is 0 Å². The number of methoxy groups -OCH3 is 1. The molecule has 1 aromatic heterocycles. The van der Waals surface area contributed by atoms with Gasteiger partial charge >= 0.3 is 0 Å². The van der Waals surface area contributed by atoms with Crippen LogP contribution in [-0.4, -0.2) is 29.7 Å². The second-order valence-corrected chi connectivity index (χ2v) is 5.31. The van der Waals surface area contributed by atoms with Crippen molar-refractivity contribution in [1.29, 1.82) is 0 Å². The zero-order valence-corrected chi connectivity index (χ0v) is 12.4. The number of rotatable bonds is 3. The maximum Gasteiger partial charge on any atom is 0.232 e. The van der Waals surface area contributed by atoms with Gasteiger partial charge in [-0.1, -0.05) is 16.8 Å². The minimum absolute atomic E-state index is 0.0112. The maximum atomic E-state index is 12.2. The Kier molecular flexibility index (Phi) is 3.55. The summed E-state index contributed by atoms with van der Waals surface area (Å²) in [5.41, 5.74) is 0.740. The molecule has 1 atom stereocenters. The monoisotopic (exact) mass is 307 g/mol. The van der Waals surface area contributed by atoms with E-state index in [0.717, 1.165) is 5.69 Å². The van der Waals surface area contributed by atoms with E-state index < -0.39 is 0 Å². The molecule has 0 aliphatic carbocycles. The summed E-state index contributed by atoms with van der Waals surface area (Å²) in [7, 11) is 1.55. The number of benzene rings is 1. The number of aryl methyl sites for hydroxylation is 1. The number of carbonyl (C=O) groups excluding carboxylic acids is 1. The molecule has 1 saturated heterocycles. The first-order valence-electron chi connectivity index (χ1n) is 6.52. The topological polar surface area (TPSA) is 68.5 Å². The fourth-order valence-electron chi connectivity index (χ4n) is 2.42. The van der Waals surface area contributed by atoms with Crippen molar-refractivity contribution in [2.75, 3.05) is 18.6 Å². The number of amides is 1. The molecular formula is C14H14ClN3O3. The van der Waals surface area contributed by atoms with Crippen LogP contribution in [0.4, 0.5) is 5.69 Å². The lowest BCUT2D eigenvalue weighted by Gasteiger charge is -2.17. The van der Waals surface area contributed by atoms with Gasteiger partial charge in [-0.05, 0) is 25.1 Å². The summed E-state index contributed by atoms with van der Waals surface area (Å²) in [5, 5.41) is 4.24. The van der Waals surface area contributed by atoms with Crippen LogP contribution in [0.25, 0.3) is 0 Å². The molecule has 1 aromatic carbocycles. The van der Waals surface area contributed by atoms with Crippen LogP contribution in [0.3, 0.4) is 0 Å². The number of hydrogen-bond donors (Lipinski definition) is 0. The molecule has 0 saturated carbocycles. The molecule has 7 heteroatoms. The van der Waals surface area contributed by atoms with Crippen LogP contribution >= 0.6 is 11.6 Å². The number of anilines is 1. The van der Waals surface area contributed by atoms with Gasteiger partial charge in [-0.25, -0.2) is 0 Å². The van der Waals surface area contributed by atoms with E-state index in [1.165, 1.54) is 0 Å². The van der Waals surface area contributed by atoms with E-state index in [1.807, 2.05) is 6.07 Å². The van der Waals surface area contributed by atoms with Crippen molar-refractivity contribution in [3.63, 3.8) is 0 Å². The maximum absolute atomic E-state index is 12.2. The zero-order valence-electron chi connectivity index (χ0n) is 11.7. The van der Waals surface area contributed by atoms with Gasteiger partial charge in [-0.2, -0.15) is 4.98 Å². The van der Waals surface area contributed by atoms with Crippen molar-refractivity contribution in [1.82, 2.24) is 10.1 Å². The SMILES string of the molecule is COc1ccc(N2C[C@H](c3nc(C)no3)CC2=O)cc1Cl. The largest absolute Gasteiger partial charge is 0.495 e. The molecule has 1 aliphatic rings. The second kappa shape index (κ2) is 5.37. The first-order valence-corrected chi connectivity index (χ1v) is 6.90. The Balaban J connectivity index is 1.83. The number of halogens is 1. The van der Waals surface area contributed by atoms with Crippen LogP contribution < -0.4 is 9.64 Å². The molecule has 0 unspecified atom stereocenters. The molecular weight excluding hydrogens is 294 g/mol. The third-order valence-corrected chi connectivity index (χ3v) is 3.76. The van der Waals surface area contributed by atoms with Crippen molar-refractivity contribution in [3.05, 3.63) is 34.9 Å². The van der Waals surface area contributed by atoms with Crippen LogP contribution in [0, 0.1) is 6.92 Å². The number of carbonyl (C=O) groups is 1. The summed E-state index contributed by atoms with van der Waals surface area (Å²) in [6, 6.07) is 5.28. The first-order chi connectivity index (χ1) is 10.1. The highest BCUT2D eigenvalue weighted by Gasteiger charge is 2.35.